The average Bonchev–Trinajstić information content (AvgIpc) is 2.55. The van der Waals surface area contributed by atoms with Gasteiger partial charge in [0.25, 0.3) is 0 Å². The number of methoxy groups -OCH3 is 1. The molecule has 134 valence electrons. The summed E-state index contributed by atoms with van der Waals surface area (Å²) >= 11 is 0. The fourth-order valence-electron chi connectivity index (χ4n) is 4.70. The lowest BCUT2D eigenvalue weighted by Gasteiger charge is -2.49. The molecule has 0 unspecified atom stereocenters. The standard InChI is InChI=1S/C21H26O4/c1-10(2)15-18(23)16-14(22)9-13-12(4)11(3)7-8-21(13,5)17(16)19(24)20(15)25-6/h11,13,23-24H,1,4,7-9H2,2-3,5-6H3/t11-,13-,21-/m0/s1. The molecule has 0 amide bonds. The van der Waals surface area contributed by atoms with Crippen molar-refractivity contribution in [3.05, 3.63) is 35.4 Å². The summed E-state index contributed by atoms with van der Waals surface area (Å²) in [6.07, 6.45) is 2.06. The Balaban J connectivity index is 2.38. The lowest BCUT2D eigenvalue weighted by Crippen LogP contribution is -2.44. The van der Waals surface area contributed by atoms with Gasteiger partial charge in [0.2, 0.25) is 0 Å². The van der Waals surface area contributed by atoms with Crippen molar-refractivity contribution in [2.24, 2.45) is 11.8 Å². The molecule has 2 aliphatic carbocycles. The number of ketones is 1. The molecule has 0 spiro atoms. The van der Waals surface area contributed by atoms with Crippen molar-refractivity contribution in [2.75, 3.05) is 7.11 Å². The highest BCUT2D eigenvalue weighted by atomic mass is 16.5. The van der Waals surface area contributed by atoms with Crippen LogP contribution in [0.15, 0.2) is 18.7 Å². The SMILES string of the molecule is C=C(C)c1c(O)c2c(c(O)c1OC)[C@@]1(C)CC[C@H](C)C(=C)[C@@H]1CC2=O. The molecular weight excluding hydrogens is 316 g/mol. The van der Waals surface area contributed by atoms with Crippen LogP contribution < -0.4 is 4.74 Å². The number of carbonyl (C=O) groups excluding carboxylic acids is 1. The van der Waals surface area contributed by atoms with Gasteiger partial charge in [0.1, 0.15) is 5.75 Å². The highest BCUT2D eigenvalue weighted by Gasteiger charge is 2.51. The summed E-state index contributed by atoms with van der Waals surface area (Å²) in [5.41, 5.74) is 2.16. The number of hydrogen-bond donors (Lipinski definition) is 2. The van der Waals surface area contributed by atoms with Gasteiger partial charge >= 0.3 is 0 Å². The normalized spacial score (nSPS) is 28.3. The summed E-state index contributed by atoms with van der Waals surface area (Å²) in [5.74, 6) is 0.136. The summed E-state index contributed by atoms with van der Waals surface area (Å²) in [6, 6.07) is 0. The van der Waals surface area contributed by atoms with Gasteiger partial charge in [-0.1, -0.05) is 32.6 Å². The van der Waals surface area contributed by atoms with Crippen molar-refractivity contribution in [2.45, 2.75) is 45.4 Å². The Bertz CT molecular complexity index is 805. The zero-order valence-corrected chi connectivity index (χ0v) is 15.4. The number of hydrogen-bond acceptors (Lipinski definition) is 4. The Hall–Kier alpha value is -2.23. The Morgan fingerprint density at radius 3 is 2.52 bits per heavy atom. The van der Waals surface area contributed by atoms with E-state index in [0.717, 1.165) is 18.4 Å². The molecule has 0 radical (unpaired) electrons. The molecule has 4 heteroatoms. The molecular formula is C21H26O4. The van der Waals surface area contributed by atoms with E-state index in [0.29, 0.717) is 29.0 Å². The van der Waals surface area contributed by atoms with Crippen molar-refractivity contribution in [3.8, 4) is 17.2 Å². The van der Waals surface area contributed by atoms with Gasteiger partial charge in [-0.2, -0.15) is 0 Å². The van der Waals surface area contributed by atoms with Crippen LogP contribution in [0.1, 0.15) is 61.5 Å². The first kappa shape index (κ1) is 17.6. The van der Waals surface area contributed by atoms with Gasteiger partial charge in [0.15, 0.2) is 17.3 Å². The van der Waals surface area contributed by atoms with Crippen LogP contribution in [0.25, 0.3) is 5.57 Å². The lowest BCUT2D eigenvalue weighted by atomic mass is 9.54. The number of ether oxygens (including phenoxy) is 1. The van der Waals surface area contributed by atoms with Crippen LogP contribution in [0, 0.1) is 11.8 Å². The predicted octanol–water partition coefficient (Wildman–Crippen LogP) is 4.59. The van der Waals surface area contributed by atoms with E-state index in [1.54, 1.807) is 6.92 Å². The van der Waals surface area contributed by atoms with Gasteiger partial charge in [0, 0.05) is 17.4 Å². The van der Waals surface area contributed by atoms with Crippen LogP contribution >= 0.6 is 0 Å². The Morgan fingerprint density at radius 1 is 1.32 bits per heavy atom. The van der Waals surface area contributed by atoms with E-state index in [2.05, 4.69) is 27.0 Å². The van der Waals surface area contributed by atoms with Crippen molar-refractivity contribution < 1.29 is 19.7 Å². The Kier molecular flexibility index (Phi) is 3.98. The molecule has 0 saturated heterocycles. The van der Waals surface area contributed by atoms with E-state index >= 15 is 0 Å². The number of Topliss-reactive ketones (excluding diaryl/α,β-unsaturated/α-hetero) is 1. The van der Waals surface area contributed by atoms with E-state index < -0.39 is 5.41 Å². The quantitative estimate of drug-likeness (QED) is 0.609. The molecule has 0 aliphatic heterocycles. The first-order chi connectivity index (χ1) is 11.6. The summed E-state index contributed by atoms with van der Waals surface area (Å²) in [4.78, 5) is 12.9. The van der Waals surface area contributed by atoms with Crippen LogP contribution in [0.3, 0.4) is 0 Å². The minimum atomic E-state index is -0.449. The number of allylic oxidation sites excluding steroid dienone is 2. The first-order valence-corrected chi connectivity index (χ1v) is 8.69. The van der Waals surface area contributed by atoms with Gasteiger partial charge in [0.05, 0.1) is 18.2 Å². The van der Waals surface area contributed by atoms with Gasteiger partial charge in [-0.3, -0.25) is 4.79 Å². The summed E-state index contributed by atoms with van der Waals surface area (Å²) in [5, 5.41) is 21.8. The van der Waals surface area contributed by atoms with Gasteiger partial charge in [-0.25, -0.2) is 0 Å². The predicted molar refractivity (Wildman–Crippen MR) is 98.4 cm³/mol. The fourth-order valence-corrected chi connectivity index (χ4v) is 4.70. The monoisotopic (exact) mass is 342 g/mol. The van der Waals surface area contributed by atoms with E-state index in [9.17, 15) is 15.0 Å². The van der Waals surface area contributed by atoms with Crippen LogP contribution in [0.2, 0.25) is 0 Å². The van der Waals surface area contributed by atoms with Crippen molar-refractivity contribution in [1.82, 2.24) is 0 Å². The number of fused-ring (bicyclic) bond motifs is 3. The molecule has 1 saturated carbocycles. The van der Waals surface area contributed by atoms with E-state index in [-0.39, 0.29) is 34.5 Å². The van der Waals surface area contributed by atoms with Crippen LogP contribution in [0.4, 0.5) is 0 Å². The summed E-state index contributed by atoms with van der Waals surface area (Å²) < 4.78 is 5.39. The highest BCUT2D eigenvalue weighted by molar-refractivity contribution is 6.05. The van der Waals surface area contributed by atoms with Crippen LogP contribution in [-0.4, -0.2) is 23.1 Å². The maximum absolute atomic E-state index is 12.9. The molecule has 0 bridgehead atoms. The molecule has 3 rings (SSSR count). The molecule has 1 aromatic rings. The first-order valence-electron chi connectivity index (χ1n) is 8.69. The molecule has 4 nitrogen and oxygen atoms in total. The summed E-state index contributed by atoms with van der Waals surface area (Å²) in [7, 11) is 1.44. The molecule has 0 aromatic heterocycles. The average molecular weight is 342 g/mol. The largest absolute Gasteiger partial charge is 0.506 e. The van der Waals surface area contributed by atoms with Crippen LogP contribution in [0.5, 0.6) is 17.2 Å². The van der Waals surface area contributed by atoms with E-state index in [1.807, 2.05) is 0 Å². The summed E-state index contributed by atoms with van der Waals surface area (Å²) in [6.45, 7) is 14.0. The second-order valence-electron chi connectivity index (χ2n) is 7.75. The third-order valence-corrected chi connectivity index (χ3v) is 6.22. The number of carbonyl (C=O) groups is 1. The molecule has 3 atom stereocenters. The second kappa shape index (κ2) is 5.65. The third kappa shape index (κ3) is 2.23. The smallest absolute Gasteiger partial charge is 0.172 e. The number of aromatic hydroxyl groups is 2. The zero-order chi connectivity index (χ0) is 18.7. The Labute approximate surface area is 148 Å². The number of phenols is 2. The van der Waals surface area contributed by atoms with E-state index in [4.69, 9.17) is 4.74 Å². The number of rotatable bonds is 2. The molecule has 1 fully saturated rings. The number of phenolic OH excluding ortho intramolecular Hbond substituents is 2. The molecule has 0 heterocycles. The maximum Gasteiger partial charge on any atom is 0.172 e. The number of benzene rings is 1. The van der Waals surface area contributed by atoms with Gasteiger partial charge < -0.3 is 14.9 Å². The van der Waals surface area contributed by atoms with Crippen molar-refractivity contribution in [3.63, 3.8) is 0 Å². The minimum Gasteiger partial charge on any atom is -0.506 e. The molecule has 25 heavy (non-hydrogen) atoms. The highest BCUT2D eigenvalue weighted by Crippen LogP contribution is 2.60. The maximum atomic E-state index is 12.9. The van der Waals surface area contributed by atoms with Crippen molar-refractivity contribution in [1.29, 1.82) is 0 Å². The molecule has 2 N–H and O–H groups in total. The topological polar surface area (TPSA) is 66.8 Å². The molecule has 2 aliphatic rings. The van der Waals surface area contributed by atoms with Gasteiger partial charge in [-0.15, -0.1) is 0 Å². The van der Waals surface area contributed by atoms with Crippen molar-refractivity contribution >= 4 is 11.4 Å². The fraction of sp³-hybridized carbons (Fsp3) is 0.476. The lowest BCUT2D eigenvalue weighted by molar-refractivity contribution is 0.0883. The van der Waals surface area contributed by atoms with Gasteiger partial charge in [-0.05, 0) is 37.2 Å². The minimum absolute atomic E-state index is 0.0399. The third-order valence-electron chi connectivity index (χ3n) is 6.22. The van der Waals surface area contributed by atoms with E-state index in [1.165, 1.54) is 7.11 Å². The Morgan fingerprint density at radius 2 is 1.96 bits per heavy atom. The zero-order valence-electron chi connectivity index (χ0n) is 15.4. The second-order valence-corrected chi connectivity index (χ2v) is 7.75. The molecule has 1 aromatic carbocycles. The van der Waals surface area contributed by atoms with Crippen LogP contribution in [-0.2, 0) is 5.41 Å².